The highest BCUT2D eigenvalue weighted by Gasteiger charge is 2.30. The summed E-state index contributed by atoms with van der Waals surface area (Å²) in [6.07, 6.45) is 0. The zero-order valence-electron chi connectivity index (χ0n) is 32.3. The molecule has 0 saturated heterocycles. The first-order valence-electron chi connectivity index (χ1n) is 20.0. The monoisotopic (exact) mass is 752 g/mol. The van der Waals surface area contributed by atoms with Crippen LogP contribution in [0.1, 0.15) is 28.2 Å². The molecular weight excluding hydrogens is 717 g/mol. The van der Waals surface area contributed by atoms with Crippen LogP contribution in [0.15, 0.2) is 194 Å². The van der Waals surface area contributed by atoms with Crippen LogP contribution in [0.3, 0.4) is 0 Å². The van der Waals surface area contributed by atoms with Gasteiger partial charge in [-0.3, -0.25) is 4.57 Å². The molecule has 0 amide bonds. The maximum Gasteiger partial charge on any atom is 0.235 e. The van der Waals surface area contributed by atoms with E-state index < -0.39 is 0 Å². The van der Waals surface area contributed by atoms with Crippen LogP contribution in [0, 0.1) is 13.5 Å². The third-order valence-electron chi connectivity index (χ3n) is 11.8. The van der Waals surface area contributed by atoms with Gasteiger partial charge in [0.15, 0.2) is 5.69 Å². The van der Waals surface area contributed by atoms with Gasteiger partial charge in [0.25, 0.3) is 0 Å². The fourth-order valence-electron chi connectivity index (χ4n) is 8.91. The summed E-state index contributed by atoms with van der Waals surface area (Å²) in [5.74, 6) is 0.824. The molecule has 0 radical (unpaired) electrons. The van der Waals surface area contributed by atoms with Crippen LogP contribution in [0.25, 0.3) is 88.5 Å². The van der Waals surface area contributed by atoms with Crippen LogP contribution in [0.4, 0.5) is 5.69 Å². The van der Waals surface area contributed by atoms with E-state index in [0.717, 1.165) is 61.0 Å². The molecule has 1 aliphatic rings. The lowest BCUT2D eigenvalue weighted by Gasteiger charge is -2.15. The van der Waals surface area contributed by atoms with E-state index in [1.807, 2.05) is 30.3 Å². The Labute approximate surface area is 343 Å². The standard InChI is InChI=1S/C55H36N4/c1-35-17-28-46-48(31-35)49-32-41(25-30-47(49)54(46)40-13-7-4-8-14-40)42-24-29-45-44-15-9-10-16-52(44)59(53(45)33-42)55-57-50(38-11-5-3-6-12-38)34-51(58-55)39-20-18-36(19-21-39)37-22-26-43(56-2)27-23-37/h3-34,54H,1H3. The number of fused-ring (bicyclic) bond motifs is 6. The van der Waals surface area contributed by atoms with Gasteiger partial charge in [-0.2, -0.15) is 0 Å². The second-order valence-electron chi connectivity index (χ2n) is 15.4. The predicted octanol–water partition coefficient (Wildman–Crippen LogP) is 14.3. The highest BCUT2D eigenvalue weighted by molar-refractivity contribution is 6.10. The number of nitrogens with zero attached hydrogens (tertiary/aromatic N) is 4. The Hall–Kier alpha value is -7.87. The Bertz CT molecular complexity index is 3260. The third-order valence-corrected chi connectivity index (χ3v) is 11.8. The minimum Gasteiger partial charge on any atom is -0.278 e. The zero-order chi connectivity index (χ0) is 39.5. The number of aryl methyl sites for hydroxylation is 1. The molecule has 1 atom stereocenters. The highest BCUT2D eigenvalue weighted by Crippen LogP contribution is 2.49. The van der Waals surface area contributed by atoms with E-state index in [-0.39, 0.29) is 5.92 Å². The smallest absolute Gasteiger partial charge is 0.235 e. The Morgan fingerprint density at radius 3 is 1.73 bits per heavy atom. The summed E-state index contributed by atoms with van der Waals surface area (Å²) in [5, 5.41) is 2.31. The van der Waals surface area contributed by atoms with Gasteiger partial charge in [0, 0.05) is 27.8 Å². The van der Waals surface area contributed by atoms with Crippen molar-refractivity contribution in [1.82, 2.24) is 14.5 Å². The summed E-state index contributed by atoms with van der Waals surface area (Å²) in [5.41, 5.74) is 18.8. The number of hydrogen-bond acceptors (Lipinski definition) is 2. The van der Waals surface area contributed by atoms with Crippen molar-refractivity contribution in [2.24, 2.45) is 0 Å². The zero-order valence-corrected chi connectivity index (χ0v) is 32.3. The molecule has 10 aromatic rings. The van der Waals surface area contributed by atoms with Crippen molar-refractivity contribution in [3.8, 4) is 61.8 Å². The quantitative estimate of drug-likeness (QED) is 0.159. The van der Waals surface area contributed by atoms with Gasteiger partial charge in [0.1, 0.15) is 0 Å². The van der Waals surface area contributed by atoms with Crippen molar-refractivity contribution < 1.29 is 0 Å². The summed E-state index contributed by atoms with van der Waals surface area (Å²) < 4.78 is 2.23. The van der Waals surface area contributed by atoms with E-state index >= 15 is 0 Å². The summed E-state index contributed by atoms with van der Waals surface area (Å²) >= 11 is 0. The molecule has 59 heavy (non-hydrogen) atoms. The van der Waals surface area contributed by atoms with Crippen LogP contribution >= 0.6 is 0 Å². The molecule has 4 heteroatoms. The van der Waals surface area contributed by atoms with Gasteiger partial charge in [0.05, 0.1) is 29.0 Å². The van der Waals surface area contributed by atoms with Gasteiger partial charge in [-0.15, -0.1) is 0 Å². The average Bonchev–Trinajstić information content (AvgIpc) is 3.81. The minimum absolute atomic E-state index is 0.206. The molecule has 2 heterocycles. The van der Waals surface area contributed by atoms with Crippen LogP contribution < -0.4 is 0 Å². The van der Waals surface area contributed by atoms with Crippen molar-refractivity contribution in [2.75, 3.05) is 0 Å². The summed E-state index contributed by atoms with van der Waals surface area (Å²) in [6, 6.07) is 68.8. The van der Waals surface area contributed by atoms with Crippen LogP contribution in [0.5, 0.6) is 0 Å². The molecule has 0 bridgehead atoms. The summed E-state index contributed by atoms with van der Waals surface area (Å²) in [7, 11) is 0. The van der Waals surface area contributed by atoms with Gasteiger partial charge in [-0.05, 0) is 81.3 Å². The number of rotatable bonds is 6. The summed E-state index contributed by atoms with van der Waals surface area (Å²) in [4.78, 5) is 14.2. The molecule has 0 fully saturated rings. The topological polar surface area (TPSA) is 35.1 Å². The van der Waals surface area contributed by atoms with Crippen LogP contribution in [-0.4, -0.2) is 14.5 Å². The van der Waals surface area contributed by atoms with E-state index in [9.17, 15) is 0 Å². The van der Waals surface area contributed by atoms with Gasteiger partial charge in [0.2, 0.25) is 5.95 Å². The molecule has 1 unspecified atom stereocenters. The fourth-order valence-corrected chi connectivity index (χ4v) is 8.91. The first-order chi connectivity index (χ1) is 29.1. The van der Waals surface area contributed by atoms with E-state index in [1.165, 1.54) is 38.9 Å². The molecule has 0 spiro atoms. The Morgan fingerprint density at radius 2 is 1.00 bits per heavy atom. The van der Waals surface area contributed by atoms with Crippen molar-refractivity contribution in [3.63, 3.8) is 0 Å². The van der Waals surface area contributed by atoms with Crippen LogP contribution in [-0.2, 0) is 0 Å². The Kier molecular flexibility index (Phi) is 8.13. The lowest BCUT2D eigenvalue weighted by molar-refractivity contribution is 0.996. The molecule has 8 aromatic carbocycles. The van der Waals surface area contributed by atoms with Gasteiger partial charge in [-0.1, -0.05) is 175 Å². The molecule has 11 rings (SSSR count). The summed E-state index contributed by atoms with van der Waals surface area (Å²) in [6.45, 7) is 9.50. The maximum absolute atomic E-state index is 7.32. The molecule has 1 aliphatic carbocycles. The molecule has 0 N–H and O–H groups in total. The Balaban J connectivity index is 1.07. The van der Waals surface area contributed by atoms with Crippen LogP contribution in [0.2, 0.25) is 0 Å². The SMILES string of the molecule is [C-]#[N+]c1ccc(-c2ccc(-c3cc(-c4ccccc4)nc(-n4c5ccccc5c5ccc(-c6ccc7c(c6)-c6cc(C)ccc6C7c6ccccc6)cc54)n3)cc2)cc1. The van der Waals surface area contributed by atoms with Crippen molar-refractivity contribution in [1.29, 1.82) is 0 Å². The van der Waals surface area contributed by atoms with Crippen molar-refractivity contribution in [2.45, 2.75) is 12.8 Å². The van der Waals surface area contributed by atoms with E-state index in [4.69, 9.17) is 16.5 Å². The van der Waals surface area contributed by atoms with Gasteiger partial charge >= 0.3 is 0 Å². The average molecular weight is 753 g/mol. The van der Waals surface area contributed by atoms with E-state index in [2.05, 4.69) is 180 Å². The molecule has 0 saturated carbocycles. The molecule has 4 nitrogen and oxygen atoms in total. The van der Waals surface area contributed by atoms with E-state index in [1.54, 1.807) is 0 Å². The van der Waals surface area contributed by atoms with Crippen molar-refractivity contribution in [3.05, 3.63) is 228 Å². The molecule has 0 aliphatic heterocycles. The normalized spacial score (nSPS) is 13.0. The Morgan fingerprint density at radius 1 is 0.458 bits per heavy atom. The molecule has 2 aromatic heterocycles. The fraction of sp³-hybridized carbons (Fsp3) is 0.0364. The third kappa shape index (κ3) is 5.91. The number of benzene rings is 8. The highest BCUT2D eigenvalue weighted by atomic mass is 15.2. The van der Waals surface area contributed by atoms with E-state index in [0.29, 0.717) is 11.6 Å². The predicted molar refractivity (Wildman–Crippen MR) is 242 cm³/mol. The first-order valence-corrected chi connectivity index (χ1v) is 20.0. The first kappa shape index (κ1) is 34.4. The maximum atomic E-state index is 7.32. The lowest BCUT2D eigenvalue weighted by atomic mass is 9.88. The number of hydrogen-bond donors (Lipinski definition) is 0. The van der Waals surface area contributed by atoms with Crippen molar-refractivity contribution >= 4 is 27.5 Å². The van der Waals surface area contributed by atoms with Gasteiger partial charge in [-0.25, -0.2) is 14.8 Å². The number of aromatic nitrogens is 3. The van der Waals surface area contributed by atoms with Gasteiger partial charge < -0.3 is 0 Å². The lowest BCUT2D eigenvalue weighted by Crippen LogP contribution is -2.04. The molecular formula is C55H36N4. The largest absolute Gasteiger partial charge is 0.278 e. The minimum atomic E-state index is 0.206. The number of para-hydroxylation sites is 1. The second kappa shape index (κ2) is 14.0. The molecule has 276 valence electrons. The second-order valence-corrected chi connectivity index (χ2v) is 15.4.